The first-order valence-corrected chi connectivity index (χ1v) is 6.65. The third kappa shape index (κ3) is 6.60. The molecule has 2 amide bonds. The molecule has 2 N–H and O–H groups in total. The number of hydrogen-bond donors (Lipinski definition) is 2. The zero-order valence-electron chi connectivity index (χ0n) is 11.6. The second-order valence-corrected chi connectivity index (χ2v) is 4.68. The zero-order valence-corrected chi connectivity index (χ0v) is 11.6. The van der Waals surface area contributed by atoms with Crippen LogP contribution in [0.2, 0.25) is 0 Å². The van der Waals surface area contributed by atoms with E-state index < -0.39 is 0 Å². The molecule has 0 aliphatic carbocycles. The molecule has 0 aromatic heterocycles. The second-order valence-electron chi connectivity index (χ2n) is 4.68. The van der Waals surface area contributed by atoms with Gasteiger partial charge in [-0.05, 0) is 17.9 Å². The van der Waals surface area contributed by atoms with E-state index in [1.165, 1.54) is 12.5 Å². The van der Waals surface area contributed by atoms with E-state index in [1.54, 1.807) is 0 Å². The summed E-state index contributed by atoms with van der Waals surface area (Å²) in [6.07, 6.45) is 1.25. The van der Waals surface area contributed by atoms with E-state index in [-0.39, 0.29) is 11.8 Å². The Kier molecular flexibility index (Phi) is 6.64. The summed E-state index contributed by atoms with van der Waals surface area (Å²) in [5.41, 5.74) is 1.29. The molecule has 4 nitrogen and oxygen atoms in total. The number of rotatable bonds is 7. The van der Waals surface area contributed by atoms with Gasteiger partial charge in [0.05, 0.1) is 0 Å². The number of nitrogens with one attached hydrogen (secondary N) is 2. The third-order valence-corrected chi connectivity index (χ3v) is 2.99. The minimum absolute atomic E-state index is 0.0194. The average molecular weight is 262 g/mol. The molecule has 0 saturated carbocycles. The summed E-state index contributed by atoms with van der Waals surface area (Å²) in [4.78, 5) is 22.1. The molecule has 1 aromatic carbocycles. The first-order chi connectivity index (χ1) is 9.09. The van der Waals surface area contributed by atoms with Crippen LogP contribution in [0.5, 0.6) is 0 Å². The first-order valence-electron chi connectivity index (χ1n) is 6.65. The summed E-state index contributed by atoms with van der Waals surface area (Å²) in [5, 5.41) is 5.47. The van der Waals surface area contributed by atoms with Gasteiger partial charge < -0.3 is 10.6 Å². The predicted molar refractivity (Wildman–Crippen MR) is 75.8 cm³/mol. The summed E-state index contributed by atoms with van der Waals surface area (Å²) >= 11 is 0. The van der Waals surface area contributed by atoms with Crippen LogP contribution in [0.3, 0.4) is 0 Å². The molecular weight excluding hydrogens is 240 g/mol. The largest absolute Gasteiger partial charge is 0.356 e. The molecule has 0 aliphatic heterocycles. The van der Waals surface area contributed by atoms with Crippen LogP contribution in [0.15, 0.2) is 30.3 Å². The molecule has 0 fully saturated rings. The van der Waals surface area contributed by atoms with Crippen molar-refractivity contribution in [3.8, 4) is 0 Å². The van der Waals surface area contributed by atoms with Crippen LogP contribution in [-0.4, -0.2) is 24.9 Å². The Morgan fingerprint density at radius 1 is 1.11 bits per heavy atom. The van der Waals surface area contributed by atoms with Gasteiger partial charge in [0.1, 0.15) is 0 Å². The molecule has 1 atom stereocenters. The van der Waals surface area contributed by atoms with Crippen molar-refractivity contribution in [3.05, 3.63) is 35.9 Å². The van der Waals surface area contributed by atoms with E-state index in [9.17, 15) is 9.59 Å². The van der Waals surface area contributed by atoms with E-state index in [1.807, 2.05) is 18.2 Å². The summed E-state index contributed by atoms with van der Waals surface area (Å²) in [5.74, 6) is 0.302. The van der Waals surface area contributed by atoms with Gasteiger partial charge in [-0.25, -0.2) is 0 Å². The standard InChI is InChI=1S/C15H22N2O2/c1-12(14-6-4-3-5-7-14)8-10-17-15(19)9-11-16-13(2)18/h3-7,12H,8-11H2,1-2H3,(H,16,18)(H,17,19). The van der Waals surface area contributed by atoms with Crippen molar-refractivity contribution in [1.29, 1.82) is 0 Å². The number of hydrogen-bond acceptors (Lipinski definition) is 2. The van der Waals surface area contributed by atoms with Gasteiger partial charge in [0, 0.05) is 26.4 Å². The number of carbonyl (C=O) groups excluding carboxylic acids is 2. The van der Waals surface area contributed by atoms with Crippen LogP contribution in [0.1, 0.15) is 38.2 Å². The summed E-state index contributed by atoms with van der Waals surface area (Å²) in [6, 6.07) is 10.3. The van der Waals surface area contributed by atoms with Crippen LogP contribution in [0.25, 0.3) is 0 Å². The van der Waals surface area contributed by atoms with Gasteiger partial charge in [0.2, 0.25) is 11.8 Å². The van der Waals surface area contributed by atoms with Gasteiger partial charge in [0.15, 0.2) is 0 Å². The van der Waals surface area contributed by atoms with Crippen molar-refractivity contribution in [1.82, 2.24) is 10.6 Å². The highest BCUT2D eigenvalue weighted by Crippen LogP contribution is 2.17. The van der Waals surface area contributed by atoms with Crippen LogP contribution in [0.4, 0.5) is 0 Å². The van der Waals surface area contributed by atoms with Crippen molar-refractivity contribution in [3.63, 3.8) is 0 Å². The predicted octanol–water partition coefficient (Wildman–Crippen LogP) is 1.82. The Hall–Kier alpha value is -1.84. The van der Waals surface area contributed by atoms with E-state index >= 15 is 0 Å². The Balaban J connectivity index is 2.16. The van der Waals surface area contributed by atoms with Crippen molar-refractivity contribution in [2.24, 2.45) is 0 Å². The van der Waals surface area contributed by atoms with Crippen molar-refractivity contribution >= 4 is 11.8 Å². The van der Waals surface area contributed by atoms with Crippen LogP contribution in [0, 0.1) is 0 Å². The molecule has 0 saturated heterocycles. The fourth-order valence-electron chi connectivity index (χ4n) is 1.82. The summed E-state index contributed by atoms with van der Waals surface area (Å²) < 4.78 is 0. The van der Waals surface area contributed by atoms with Gasteiger partial charge in [-0.15, -0.1) is 0 Å². The number of carbonyl (C=O) groups is 2. The first kappa shape index (κ1) is 15.2. The van der Waals surface area contributed by atoms with E-state index in [0.29, 0.717) is 25.4 Å². The summed E-state index contributed by atoms with van der Waals surface area (Å²) in [6.45, 7) is 4.66. The lowest BCUT2D eigenvalue weighted by Gasteiger charge is -2.12. The van der Waals surface area contributed by atoms with E-state index in [2.05, 4.69) is 29.7 Å². The van der Waals surface area contributed by atoms with Gasteiger partial charge >= 0.3 is 0 Å². The molecule has 1 rings (SSSR count). The minimum atomic E-state index is -0.106. The van der Waals surface area contributed by atoms with Gasteiger partial charge in [-0.2, -0.15) is 0 Å². The number of amides is 2. The summed E-state index contributed by atoms with van der Waals surface area (Å²) in [7, 11) is 0. The average Bonchev–Trinajstić information content (AvgIpc) is 2.39. The van der Waals surface area contributed by atoms with Crippen molar-refractivity contribution in [2.75, 3.05) is 13.1 Å². The van der Waals surface area contributed by atoms with Crippen LogP contribution in [-0.2, 0) is 9.59 Å². The Labute approximate surface area is 114 Å². The lowest BCUT2D eigenvalue weighted by Crippen LogP contribution is -2.30. The number of benzene rings is 1. The minimum Gasteiger partial charge on any atom is -0.356 e. The van der Waals surface area contributed by atoms with Gasteiger partial charge in [-0.3, -0.25) is 9.59 Å². The monoisotopic (exact) mass is 262 g/mol. The highest BCUT2D eigenvalue weighted by atomic mass is 16.2. The topological polar surface area (TPSA) is 58.2 Å². The van der Waals surface area contributed by atoms with E-state index in [0.717, 1.165) is 6.42 Å². The molecule has 104 valence electrons. The van der Waals surface area contributed by atoms with Crippen molar-refractivity contribution < 1.29 is 9.59 Å². The zero-order chi connectivity index (χ0) is 14.1. The second kappa shape index (κ2) is 8.29. The van der Waals surface area contributed by atoms with Gasteiger partial charge in [-0.1, -0.05) is 37.3 Å². The van der Waals surface area contributed by atoms with Crippen LogP contribution >= 0.6 is 0 Å². The molecule has 19 heavy (non-hydrogen) atoms. The SMILES string of the molecule is CC(=O)NCCC(=O)NCCC(C)c1ccccc1. The maximum atomic E-state index is 11.5. The smallest absolute Gasteiger partial charge is 0.221 e. The van der Waals surface area contributed by atoms with Crippen molar-refractivity contribution in [2.45, 2.75) is 32.6 Å². The lowest BCUT2D eigenvalue weighted by molar-refractivity contribution is -0.121. The molecule has 1 unspecified atom stereocenters. The Morgan fingerprint density at radius 2 is 1.79 bits per heavy atom. The quantitative estimate of drug-likeness (QED) is 0.787. The lowest BCUT2D eigenvalue weighted by atomic mass is 9.98. The Morgan fingerprint density at radius 3 is 2.42 bits per heavy atom. The molecular formula is C15H22N2O2. The molecule has 0 aliphatic rings. The van der Waals surface area contributed by atoms with Gasteiger partial charge in [0.25, 0.3) is 0 Å². The molecule has 0 heterocycles. The molecule has 0 spiro atoms. The highest BCUT2D eigenvalue weighted by molar-refractivity contribution is 5.77. The van der Waals surface area contributed by atoms with Crippen LogP contribution < -0.4 is 10.6 Å². The highest BCUT2D eigenvalue weighted by Gasteiger charge is 2.06. The molecule has 4 heteroatoms. The maximum absolute atomic E-state index is 11.5. The fourth-order valence-corrected chi connectivity index (χ4v) is 1.82. The Bertz CT molecular complexity index is 404. The van der Waals surface area contributed by atoms with E-state index in [4.69, 9.17) is 0 Å². The fraction of sp³-hybridized carbons (Fsp3) is 0.467. The molecule has 1 aromatic rings. The molecule has 0 radical (unpaired) electrons. The molecule has 0 bridgehead atoms. The normalized spacial score (nSPS) is 11.7. The maximum Gasteiger partial charge on any atom is 0.221 e. The third-order valence-electron chi connectivity index (χ3n) is 2.99.